The Labute approximate surface area is 151 Å². The van der Waals surface area contributed by atoms with Crippen molar-refractivity contribution in [3.05, 3.63) is 36.5 Å². The molecule has 1 saturated carbocycles. The van der Waals surface area contributed by atoms with Crippen LogP contribution < -0.4 is 10.6 Å². The molecule has 1 aliphatic heterocycles. The minimum absolute atomic E-state index is 0.155. The lowest BCUT2D eigenvalue weighted by Gasteiger charge is -2.39. The molecular weight excluding hydrogens is 334 g/mol. The molecule has 2 aromatic rings. The third kappa shape index (κ3) is 3.51. The van der Waals surface area contributed by atoms with Gasteiger partial charge >= 0.3 is 6.03 Å². The van der Waals surface area contributed by atoms with E-state index in [1.54, 1.807) is 6.20 Å². The minimum atomic E-state index is -0.694. The number of carbonyl (C=O) groups excluding carboxylic acids is 1. The van der Waals surface area contributed by atoms with Gasteiger partial charge in [0, 0.05) is 12.0 Å². The molecule has 26 heavy (non-hydrogen) atoms. The number of aromatic nitrogens is 3. The number of anilines is 1. The van der Waals surface area contributed by atoms with Gasteiger partial charge in [-0.2, -0.15) is 5.10 Å². The highest BCUT2D eigenvalue weighted by atomic mass is 16.7. The van der Waals surface area contributed by atoms with Gasteiger partial charge in [0.15, 0.2) is 5.79 Å². The van der Waals surface area contributed by atoms with E-state index in [9.17, 15) is 4.79 Å². The van der Waals surface area contributed by atoms with E-state index in [-0.39, 0.29) is 18.0 Å². The zero-order chi connectivity index (χ0) is 17.8. The number of rotatable bonds is 3. The Balaban J connectivity index is 1.43. The fourth-order valence-corrected chi connectivity index (χ4v) is 3.51. The van der Waals surface area contributed by atoms with Crippen LogP contribution in [0.25, 0.3) is 11.3 Å². The molecule has 2 aliphatic rings. The van der Waals surface area contributed by atoms with E-state index in [0.29, 0.717) is 18.9 Å². The lowest BCUT2D eigenvalue weighted by molar-refractivity contribution is -0.192. The summed E-state index contributed by atoms with van der Waals surface area (Å²) in [6, 6.07) is 9.04. The second kappa shape index (κ2) is 7.35. The average Bonchev–Trinajstić information content (AvgIpc) is 3.14. The van der Waals surface area contributed by atoms with Crippen LogP contribution in [-0.4, -0.2) is 46.3 Å². The highest BCUT2D eigenvalue weighted by Crippen LogP contribution is 2.36. The number of nitrogens with zero attached hydrogens (tertiary/aromatic N) is 3. The van der Waals surface area contributed by atoms with Crippen LogP contribution in [0.3, 0.4) is 0 Å². The molecule has 2 N–H and O–H groups in total. The predicted molar refractivity (Wildman–Crippen MR) is 94.3 cm³/mol. The number of amides is 2. The Morgan fingerprint density at radius 1 is 1.15 bits per heavy atom. The predicted octanol–water partition coefficient (Wildman–Crippen LogP) is 2.35. The highest BCUT2D eigenvalue weighted by molar-refractivity contribution is 5.87. The number of carbonyl (C=O) groups is 1. The first-order valence-electron chi connectivity index (χ1n) is 8.86. The van der Waals surface area contributed by atoms with Crippen LogP contribution in [0, 0.1) is 0 Å². The molecule has 1 saturated heterocycles. The van der Waals surface area contributed by atoms with Gasteiger partial charge in [-0.05, 0) is 12.8 Å². The molecule has 2 fully saturated rings. The minimum Gasteiger partial charge on any atom is -0.346 e. The van der Waals surface area contributed by atoms with Crippen LogP contribution in [0.1, 0.15) is 25.7 Å². The summed E-state index contributed by atoms with van der Waals surface area (Å²) in [6.07, 6.45) is 5.23. The first-order chi connectivity index (χ1) is 12.8. The van der Waals surface area contributed by atoms with Crippen LogP contribution >= 0.6 is 0 Å². The van der Waals surface area contributed by atoms with Gasteiger partial charge in [0.25, 0.3) is 5.95 Å². The summed E-state index contributed by atoms with van der Waals surface area (Å²) in [4.78, 5) is 16.8. The van der Waals surface area contributed by atoms with E-state index in [1.807, 2.05) is 30.3 Å². The van der Waals surface area contributed by atoms with Gasteiger partial charge in [-0.3, -0.25) is 5.32 Å². The molecule has 0 radical (unpaired) electrons. The lowest BCUT2D eigenvalue weighted by Crippen LogP contribution is -2.56. The Hall–Kier alpha value is -2.58. The van der Waals surface area contributed by atoms with E-state index in [0.717, 1.165) is 31.2 Å². The second-order valence-electron chi connectivity index (χ2n) is 6.44. The lowest BCUT2D eigenvalue weighted by atomic mass is 9.89. The summed E-state index contributed by atoms with van der Waals surface area (Å²) >= 11 is 0. The fourth-order valence-electron chi connectivity index (χ4n) is 3.51. The van der Waals surface area contributed by atoms with Gasteiger partial charge in [-0.15, -0.1) is 5.10 Å². The summed E-state index contributed by atoms with van der Waals surface area (Å²) in [5.74, 6) is -0.539. The maximum Gasteiger partial charge on any atom is 0.322 e. The number of nitrogens with one attached hydrogen (secondary N) is 2. The van der Waals surface area contributed by atoms with Crippen molar-refractivity contribution >= 4 is 12.0 Å². The summed E-state index contributed by atoms with van der Waals surface area (Å²) in [7, 11) is 0. The van der Waals surface area contributed by atoms with Gasteiger partial charge in [0.2, 0.25) is 0 Å². The smallest absolute Gasteiger partial charge is 0.322 e. The third-order valence-corrected chi connectivity index (χ3v) is 4.73. The molecule has 8 heteroatoms. The standard InChI is InChI=1S/C18H21N5O3/c24-17(21-15-8-4-5-9-18(15)25-10-11-26-18)22-16-20-14(12-19-23-16)13-6-2-1-3-7-13/h1-3,6-7,12,15H,4-5,8-11H2,(H2,20,21,22,23,24)/t15-/m0/s1. The molecule has 1 aromatic carbocycles. The molecular formula is C18H21N5O3. The third-order valence-electron chi connectivity index (χ3n) is 4.73. The van der Waals surface area contributed by atoms with Crippen molar-refractivity contribution in [2.24, 2.45) is 0 Å². The van der Waals surface area contributed by atoms with Crippen LogP contribution in [0.4, 0.5) is 10.7 Å². The molecule has 136 valence electrons. The molecule has 8 nitrogen and oxygen atoms in total. The van der Waals surface area contributed by atoms with Gasteiger partial charge in [0.1, 0.15) is 0 Å². The SMILES string of the molecule is O=C(Nc1nncc(-c2ccccc2)n1)N[C@H]1CCCCC12OCCO2. The first kappa shape index (κ1) is 16.9. The zero-order valence-electron chi connectivity index (χ0n) is 14.4. The molecule has 1 aromatic heterocycles. The van der Waals surface area contributed by atoms with Gasteiger partial charge in [0.05, 0.1) is 31.1 Å². The molecule has 4 rings (SSSR count). The topological polar surface area (TPSA) is 98.3 Å². The van der Waals surface area contributed by atoms with Gasteiger partial charge in [-0.1, -0.05) is 36.8 Å². The Kier molecular flexibility index (Phi) is 4.77. The maximum atomic E-state index is 12.4. The van der Waals surface area contributed by atoms with E-state index in [2.05, 4.69) is 25.8 Å². The molecule has 0 bridgehead atoms. The zero-order valence-corrected chi connectivity index (χ0v) is 14.4. The monoisotopic (exact) mass is 355 g/mol. The quantitative estimate of drug-likeness (QED) is 0.877. The summed E-state index contributed by atoms with van der Waals surface area (Å²) in [5, 5.41) is 13.4. The molecule has 1 spiro atoms. The molecule has 2 amide bonds. The maximum absolute atomic E-state index is 12.4. The second-order valence-corrected chi connectivity index (χ2v) is 6.44. The number of hydrogen-bond acceptors (Lipinski definition) is 6. The number of hydrogen-bond donors (Lipinski definition) is 2. The van der Waals surface area contributed by atoms with Crippen LogP contribution in [0.5, 0.6) is 0 Å². The average molecular weight is 355 g/mol. The number of urea groups is 1. The molecule has 1 atom stereocenters. The Morgan fingerprint density at radius 2 is 1.96 bits per heavy atom. The number of benzene rings is 1. The van der Waals surface area contributed by atoms with E-state index >= 15 is 0 Å². The van der Waals surface area contributed by atoms with Gasteiger partial charge < -0.3 is 14.8 Å². The normalized spacial score (nSPS) is 21.5. The summed E-state index contributed by atoms with van der Waals surface area (Å²) in [5.41, 5.74) is 1.55. The fraction of sp³-hybridized carbons (Fsp3) is 0.444. The van der Waals surface area contributed by atoms with Crippen molar-refractivity contribution in [2.75, 3.05) is 18.5 Å². The van der Waals surface area contributed by atoms with Gasteiger partial charge in [-0.25, -0.2) is 9.78 Å². The Bertz CT molecular complexity index is 764. The van der Waals surface area contributed by atoms with Crippen LogP contribution in [0.2, 0.25) is 0 Å². The molecule has 1 aliphatic carbocycles. The van der Waals surface area contributed by atoms with Crippen molar-refractivity contribution in [2.45, 2.75) is 37.5 Å². The van der Waals surface area contributed by atoms with E-state index in [4.69, 9.17) is 9.47 Å². The first-order valence-corrected chi connectivity index (χ1v) is 8.86. The molecule has 2 heterocycles. The van der Waals surface area contributed by atoms with Crippen molar-refractivity contribution in [1.82, 2.24) is 20.5 Å². The number of ether oxygens (including phenoxy) is 2. The highest BCUT2D eigenvalue weighted by Gasteiger charge is 2.46. The summed E-state index contributed by atoms with van der Waals surface area (Å²) < 4.78 is 11.6. The van der Waals surface area contributed by atoms with Crippen molar-refractivity contribution in [3.8, 4) is 11.3 Å². The van der Waals surface area contributed by atoms with E-state index in [1.165, 1.54) is 0 Å². The van der Waals surface area contributed by atoms with Crippen molar-refractivity contribution in [3.63, 3.8) is 0 Å². The molecule has 0 unspecified atom stereocenters. The summed E-state index contributed by atoms with van der Waals surface area (Å²) in [6.45, 7) is 1.12. The van der Waals surface area contributed by atoms with Crippen LogP contribution in [0.15, 0.2) is 36.5 Å². The van der Waals surface area contributed by atoms with Crippen LogP contribution in [-0.2, 0) is 9.47 Å². The van der Waals surface area contributed by atoms with Crippen molar-refractivity contribution in [1.29, 1.82) is 0 Å². The van der Waals surface area contributed by atoms with Crippen molar-refractivity contribution < 1.29 is 14.3 Å². The Morgan fingerprint density at radius 3 is 2.77 bits per heavy atom. The van der Waals surface area contributed by atoms with E-state index < -0.39 is 5.79 Å². The largest absolute Gasteiger partial charge is 0.346 e.